The Bertz CT molecular complexity index is 1650. The third-order valence-electron chi connectivity index (χ3n) is 7.54. The Balaban J connectivity index is 1.26. The maximum Gasteiger partial charge on any atom is 0.167 e. The Morgan fingerprint density at radius 1 is 0.951 bits per heavy atom. The van der Waals surface area contributed by atoms with Gasteiger partial charge in [-0.25, -0.2) is 15.0 Å². The number of hydrogen-bond acceptors (Lipinski definition) is 10. The molecule has 3 aromatic carbocycles. The topological polar surface area (TPSA) is 147 Å². The smallest absolute Gasteiger partial charge is 0.167 e. The van der Waals surface area contributed by atoms with Crippen molar-refractivity contribution in [2.75, 3.05) is 33.2 Å². The summed E-state index contributed by atoms with van der Waals surface area (Å²) in [6.07, 6.45) is -1.35. The Labute approximate surface area is 236 Å². The van der Waals surface area contributed by atoms with E-state index < -0.39 is 24.5 Å². The van der Waals surface area contributed by atoms with Crippen LogP contribution in [0.3, 0.4) is 0 Å². The average molecular weight is 558 g/mol. The summed E-state index contributed by atoms with van der Waals surface area (Å²) in [4.78, 5) is 12.4. The standard InChI is InChI=1S/C30H31N5O6/c1-38-19-10-18(11-20(12-19)39-2)23(22-9-5-7-17-6-3-4-8-21(17)22)13-40-14-24-26(36)27(37)30(41-24)35-16-34-25-28(31)32-15-33-29(25)35/h3-12,15-16,23-24,26-27,30,36-37H,13-14H2,1-2H3,(H2,31,32,33)/t23?,24-,26-,27-,30-/m1/s1. The van der Waals surface area contributed by atoms with Gasteiger partial charge in [-0.3, -0.25) is 4.57 Å². The van der Waals surface area contributed by atoms with Crippen LogP contribution in [-0.2, 0) is 9.47 Å². The predicted octanol–water partition coefficient (Wildman–Crippen LogP) is 3.05. The molecule has 5 atom stereocenters. The van der Waals surface area contributed by atoms with Gasteiger partial charge in [-0.1, -0.05) is 42.5 Å². The minimum absolute atomic E-state index is 0.0425. The summed E-state index contributed by atoms with van der Waals surface area (Å²) >= 11 is 0. The van der Waals surface area contributed by atoms with E-state index in [1.54, 1.807) is 18.8 Å². The lowest BCUT2D eigenvalue weighted by atomic mass is 9.88. The summed E-state index contributed by atoms with van der Waals surface area (Å²) in [5, 5.41) is 23.9. The number of ether oxygens (including phenoxy) is 4. The van der Waals surface area contributed by atoms with Gasteiger partial charge in [0, 0.05) is 12.0 Å². The molecule has 6 rings (SSSR count). The molecular formula is C30H31N5O6. The average Bonchev–Trinajstić information content (AvgIpc) is 3.56. The number of aromatic nitrogens is 4. The van der Waals surface area contributed by atoms with Crippen molar-refractivity contribution >= 4 is 27.8 Å². The van der Waals surface area contributed by atoms with Crippen LogP contribution in [0.4, 0.5) is 5.82 Å². The molecule has 0 saturated carbocycles. The largest absolute Gasteiger partial charge is 0.497 e. The molecule has 0 radical (unpaired) electrons. The predicted molar refractivity (Wildman–Crippen MR) is 152 cm³/mol. The fraction of sp³-hybridized carbons (Fsp3) is 0.300. The fourth-order valence-corrected chi connectivity index (χ4v) is 5.41. The van der Waals surface area contributed by atoms with Crippen LogP contribution in [0.25, 0.3) is 21.9 Å². The maximum atomic E-state index is 10.9. The lowest BCUT2D eigenvalue weighted by molar-refractivity contribution is -0.0660. The lowest BCUT2D eigenvalue weighted by Crippen LogP contribution is -2.34. The minimum atomic E-state index is -1.23. The third-order valence-corrected chi connectivity index (χ3v) is 7.54. The van der Waals surface area contributed by atoms with E-state index in [4.69, 9.17) is 24.7 Å². The zero-order valence-corrected chi connectivity index (χ0v) is 22.6. The summed E-state index contributed by atoms with van der Waals surface area (Å²) in [6.45, 7) is 0.316. The van der Waals surface area contributed by atoms with Crippen molar-refractivity contribution in [1.29, 1.82) is 0 Å². The van der Waals surface area contributed by atoms with E-state index in [2.05, 4.69) is 39.2 Å². The number of imidazole rings is 1. The molecule has 0 bridgehead atoms. The van der Waals surface area contributed by atoms with Crippen LogP contribution in [0.1, 0.15) is 23.3 Å². The van der Waals surface area contributed by atoms with Crippen molar-refractivity contribution in [3.05, 3.63) is 84.4 Å². The second-order valence-electron chi connectivity index (χ2n) is 9.93. The van der Waals surface area contributed by atoms with Crippen LogP contribution < -0.4 is 15.2 Å². The summed E-state index contributed by atoms with van der Waals surface area (Å²) in [5.41, 5.74) is 8.72. The maximum absolute atomic E-state index is 10.9. The quantitative estimate of drug-likeness (QED) is 0.247. The molecule has 1 aliphatic rings. The number of fused-ring (bicyclic) bond motifs is 2. The number of benzene rings is 3. The van der Waals surface area contributed by atoms with Crippen molar-refractivity contribution in [2.45, 2.75) is 30.5 Å². The van der Waals surface area contributed by atoms with Gasteiger partial charge in [0.15, 0.2) is 17.7 Å². The number of aliphatic hydroxyl groups excluding tert-OH is 2. The first-order chi connectivity index (χ1) is 20.0. The zero-order valence-electron chi connectivity index (χ0n) is 22.6. The van der Waals surface area contributed by atoms with Gasteiger partial charge in [0.05, 0.1) is 33.8 Å². The molecule has 0 amide bonds. The number of hydrogen-bond donors (Lipinski definition) is 3. The van der Waals surface area contributed by atoms with Gasteiger partial charge in [0.25, 0.3) is 0 Å². The molecule has 11 nitrogen and oxygen atoms in total. The molecule has 0 aliphatic carbocycles. The summed E-state index contributed by atoms with van der Waals surface area (Å²) < 4.78 is 24.9. The Hall–Kier alpha value is -4.29. The van der Waals surface area contributed by atoms with E-state index in [1.807, 2.05) is 36.4 Å². The monoisotopic (exact) mass is 557 g/mol. The highest BCUT2D eigenvalue weighted by Gasteiger charge is 2.44. The Kier molecular flexibility index (Phi) is 7.41. The molecular weight excluding hydrogens is 526 g/mol. The number of methoxy groups -OCH3 is 2. The van der Waals surface area contributed by atoms with Gasteiger partial charge in [-0.05, 0) is 34.0 Å². The summed E-state index contributed by atoms with van der Waals surface area (Å²) in [6, 6.07) is 20.1. The first-order valence-corrected chi connectivity index (χ1v) is 13.2. The second-order valence-corrected chi connectivity index (χ2v) is 9.93. The molecule has 41 heavy (non-hydrogen) atoms. The highest BCUT2D eigenvalue weighted by atomic mass is 16.6. The molecule has 11 heteroatoms. The van der Waals surface area contributed by atoms with Crippen LogP contribution in [0.2, 0.25) is 0 Å². The van der Waals surface area contributed by atoms with Crippen LogP contribution >= 0.6 is 0 Å². The van der Waals surface area contributed by atoms with E-state index >= 15 is 0 Å². The van der Waals surface area contributed by atoms with Crippen molar-refractivity contribution in [3.63, 3.8) is 0 Å². The van der Waals surface area contributed by atoms with Crippen molar-refractivity contribution in [1.82, 2.24) is 19.5 Å². The first kappa shape index (κ1) is 26.9. The zero-order chi connectivity index (χ0) is 28.5. The molecule has 212 valence electrons. The van der Waals surface area contributed by atoms with Crippen molar-refractivity contribution in [3.8, 4) is 11.5 Å². The molecule has 1 unspecified atom stereocenters. The summed E-state index contributed by atoms with van der Waals surface area (Å²) in [7, 11) is 3.23. The Morgan fingerprint density at radius 2 is 1.71 bits per heavy atom. The Morgan fingerprint density at radius 3 is 2.49 bits per heavy atom. The van der Waals surface area contributed by atoms with Gasteiger partial charge < -0.3 is 34.9 Å². The number of rotatable bonds is 9. The van der Waals surface area contributed by atoms with Crippen molar-refractivity contribution < 1.29 is 29.2 Å². The molecule has 1 fully saturated rings. The first-order valence-electron chi connectivity index (χ1n) is 13.2. The van der Waals surface area contributed by atoms with Gasteiger partial charge >= 0.3 is 0 Å². The third kappa shape index (κ3) is 5.04. The van der Waals surface area contributed by atoms with E-state index in [0.29, 0.717) is 22.7 Å². The van der Waals surface area contributed by atoms with Gasteiger partial charge in [-0.2, -0.15) is 0 Å². The second kappa shape index (κ2) is 11.3. The lowest BCUT2D eigenvalue weighted by Gasteiger charge is -2.23. The van der Waals surface area contributed by atoms with E-state index in [1.165, 1.54) is 12.7 Å². The minimum Gasteiger partial charge on any atom is -0.497 e. The van der Waals surface area contributed by atoms with Crippen LogP contribution in [-0.4, -0.2) is 75.5 Å². The van der Waals surface area contributed by atoms with Crippen LogP contribution in [0.15, 0.2) is 73.3 Å². The normalized spacial score (nSPS) is 21.4. The number of nitrogens with zero attached hydrogens (tertiary/aromatic N) is 4. The van der Waals surface area contributed by atoms with E-state index in [-0.39, 0.29) is 24.9 Å². The molecule has 0 spiro atoms. The van der Waals surface area contributed by atoms with E-state index in [0.717, 1.165) is 21.9 Å². The highest BCUT2D eigenvalue weighted by Crippen LogP contribution is 2.36. The van der Waals surface area contributed by atoms with Crippen LogP contribution in [0, 0.1) is 0 Å². The van der Waals surface area contributed by atoms with Crippen molar-refractivity contribution in [2.24, 2.45) is 0 Å². The van der Waals surface area contributed by atoms with Gasteiger partial charge in [0.2, 0.25) is 0 Å². The molecule has 5 aromatic rings. The SMILES string of the molecule is COc1cc(OC)cc(C(COC[C@H]2O[C@@H](n3cnc4c(N)ncnc43)[C@H](O)[C@@H]2O)c2cccc3ccccc23)c1. The van der Waals surface area contributed by atoms with Gasteiger partial charge in [-0.15, -0.1) is 0 Å². The number of aliphatic hydroxyl groups is 2. The fourth-order valence-electron chi connectivity index (χ4n) is 5.41. The molecule has 2 aromatic heterocycles. The highest BCUT2D eigenvalue weighted by molar-refractivity contribution is 5.86. The van der Waals surface area contributed by atoms with Crippen LogP contribution in [0.5, 0.6) is 11.5 Å². The van der Waals surface area contributed by atoms with E-state index in [9.17, 15) is 10.2 Å². The molecule has 1 aliphatic heterocycles. The summed E-state index contributed by atoms with van der Waals surface area (Å²) in [5.74, 6) is 1.36. The van der Waals surface area contributed by atoms with Gasteiger partial charge in [0.1, 0.15) is 41.7 Å². The molecule has 1 saturated heterocycles. The molecule has 4 N–H and O–H groups in total. The molecule has 3 heterocycles. The number of anilines is 1. The number of nitrogen functional groups attached to an aromatic ring is 1. The number of nitrogens with two attached hydrogens (primary N) is 1.